The zero-order valence-corrected chi connectivity index (χ0v) is 15.1. The Labute approximate surface area is 149 Å². The van der Waals surface area contributed by atoms with Gasteiger partial charge in [0, 0.05) is 6.42 Å². The molecule has 0 spiro atoms. The minimum absolute atomic E-state index is 0.0925. The van der Waals surface area contributed by atoms with Crippen molar-refractivity contribution in [2.75, 3.05) is 7.11 Å². The van der Waals surface area contributed by atoms with Crippen molar-refractivity contribution in [3.8, 4) is 5.75 Å². The van der Waals surface area contributed by atoms with E-state index in [1.165, 1.54) is 0 Å². The minimum Gasteiger partial charge on any atom is -0.497 e. The van der Waals surface area contributed by atoms with E-state index in [-0.39, 0.29) is 18.0 Å². The number of benzene rings is 2. The second-order valence-electron chi connectivity index (χ2n) is 6.11. The van der Waals surface area contributed by atoms with Crippen molar-refractivity contribution in [1.29, 1.82) is 0 Å². The molecule has 2 rings (SSSR count). The van der Waals surface area contributed by atoms with E-state index in [1.807, 2.05) is 61.5 Å². The van der Waals surface area contributed by atoms with Crippen molar-refractivity contribution in [3.05, 3.63) is 65.7 Å². The molecule has 134 valence electrons. The number of hydrogen-bond donors (Lipinski definition) is 0. The minimum atomic E-state index is -0.275. The fraction of sp³-hybridized carbons (Fsp3) is 0.381. The maximum Gasteiger partial charge on any atom is 0.132 e. The SMILES string of the molecule is COc1ccc(CO[C@@H](CC(C)=O)[C@H](C)OCc2ccccc2)cc1. The molecule has 0 saturated carbocycles. The lowest BCUT2D eigenvalue weighted by Gasteiger charge is -2.24. The van der Waals surface area contributed by atoms with Crippen LogP contribution in [0.2, 0.25) is 0 Å². The summed E-state index contributed by atoms with van der Waals surface area (Å²) in [5, 5.41) is 0. The molecule has 0 saturated heterocycles. The Morgan fingerprint density at radius 2 is 1.52 bits per heavy atom. The molecule has 25 heavy (non-hydrogen) atoms. The van der Waals surface area contributed by atoms with Crippen LogP contribution < -0.4 is 4.74 Å². The third kappa shape index (κ3) is 6.69. The summed E-state index contributed by atoms with van der Waals surface area (Å²) in [7, 11) is 1.64. The van der Waals surface area contributed by atoms with Gasteiger partial charge in [-0.05, 0) is 37.1 Å². The molecule has 0 fully saturated rings. The molecule has 0 bridgehead atoms. The van der Waals surface area contributed by atoms with Crippen molar-refractivity contribution < 1.29 is 19.0 Å². The van der Waals surface area contributed by atoms with Gasteiger partial charge in [-0.25, -0.2) is 0 Å². The third-order valence-electron chi connectivity index (χ3n) is 3.99. The van der Waals surface area contributed by atoms with E-state index in [0.29, 0.717) is 19.6 Å². The highest BCUT2D eigenvalue weighted by molar-refractivity contribution is 5.76. The van der Waals surface area contributed by atoms with Crippen LogP contribution in [0.4, 0.5) is 0 Å². The largest absolute Gasteiger partial charge is 0.497 e. The molecule has 0 aliphatic heterocycles. The zero-order chi connectivity index (χ0) is 18.1. The molecule has 0 aliphatic rings. The summed E-state index contributed by atoms with van der Waals surface area (Å²) in [6.07, 6.45) is -0.114. The summed E-state index contributed by atoms with van der Waals surface area (Å²) < 4.78 is 17.0. The topological polar surface area (TPSA) is 44.8 Å². The molecule has 0 unspecified atom stereocenters. The molecule has 0 radical (unpaired) electrons. The normalized spacial score (nSPS) is 13.2. The Balaban J connectivity index is 1.90. The van der Waals surface area contributed by atoms with Gasteiger partial charge in [0.05, 0.1) is 32.5 Å². The first-order chi connectivity index (χ1) is 12.1. The highest BCUT2D eigenvalue weighted by Crippen LogP contribution is 2.16. The van der Waals surface area contributed by atoms with Crippen molar-refractivity contribution in [1.82, 2.24) is 0 Å². The predicted octanol–water partition coefficient (Wildman–Crippen LogP) is 4.16. The number of carbonyl (C=O) groups excluding carboxylic acids is 1. The lowest BCUT2D eigenvalue weighted by molar-refractivity contribution is -0.126. The molecule has 0 aromatic heterocycles. The maximum atomic E-state index is 11.6. The van der Waals surface area contributed by atoms with Crippen LogP contribution in [-0.4, -0.2) is 25.1 Å². The third-order valence-corrected chi connectivity index (χ3v) is 3.99. The average molecular weight is 342 g/mol. The van der Waals surface area contributed by atoms with Crippen LogP contribution >= 0.6 is 0 Å². The van der Waals surface area contributed by atoms with Crippen LogP contribution in [0, 0.1) is 0 Å². The number of methoxy groups -OCH3 is 1. The zero-order valence-electron chi connectivity index (χ0n) is 15.1. The van der Waals surface area contributed by atoms with Gasteiger partial charge in [-0.3, -0.25) is 4.79 Å². The lowest BCUT2D eigenvalue weighted by atomic mass is 10.1. The van der Waals surface area contributed by atoms with E-state index < -0.39 is 0 Å². The van der Waals surface area contributed by atoms with E-state index in [2.05, 4.69) is 0 Å². The number of Topliss-reactive ketones (excluding diaryl/α,β-unsaturated/α-hetero) is 1. The van der Waals surface area contributed by atoms with E-state index in [1.54, 1.807) is 14.0 Å². The van der Waals surface area contributed by atoms with Crippen molar-refractivity contribution in [2.45, 2.75) is 45.7 Å². The molecule has 4 nitrogen and oxygen atoms in total. The van der Waals surface area contributed by atoms with Crippen LogP contribution in [-0.2, 0) is 27.5 Å². The van der Waals surface area contributed by atoms with E-state index in [4.69, 9.17) is 14.2 Å². The van der Waals surface area contributed by atoms with Gasteiger partial charge in [0.1, 0.15) is 11.5 Å². The Morgan fingerprint density at radius 1 is 0.920 bits per heavy atom. The van der Waals surface area contributed by atoms with Gasteiger partial charge < -0.3 is 14.2 Å². The van der Waals surface area contributed by atoms with Crippen LogP contribution in [0.15, 0.2) is 54.6 Å². The molecular weight excluding hydrogens is 316 g/mol. The highest BCUT2D eigenvalue weighted by atomic mass is 16.5. The summed E-state index contributed by atoms with van der Waals surface area (Å²) in [5.74, 6) is 0.901. The predicted molar refractivity (Wildman–Crippen MR) is 97.6 cm³/mol. The van der Waals surface area contributed by atoms with Gasteiger partial charge in [-0.15, -0.1) is 0 Å². The first-order valence-corrected chi connectivity index (χ1v) is 8.48. The van der Waals surface area contributed by atoms with Crippen LogP contribution in [0.1, 0.15) is 31.4 Å². The van der Waals surface area contributed by atoms with Crippen LogP contribution in [0.25, 0.3) is 0 Å². The van der Waals surface area contributed by atoms with Crippen molar-refractivity contribution in [2.24, 2.45) is 0 Å². The van der Waals surface area contributed by atoms with E-state index in [0.717, 1.165) is 16.9 Å². The first-order valence-electron chi connectivity index (χ1n) is 8.48. The quantitative estimate of drug-likeness (QED) is 0.650. The number of ether oxygens (including phenoxy) is 3. The molecule has 2 aromatic rings. The fourth-order valence-electron chi connectivity index (χ4n) is 2.48. The first kappa shape index (κ1) is 19.2. The molecule has 0 N–H and O–H groups in total. The highest BCUT2D eigenvalue weighted by Gasteiger charge is 2.21. The van der Waals surface area contributed by atoms with Gasteiger partial charge in [-0.2, -0.15) is 0 Å². The molecule has 2 atom stereocenters. The van der Waals surface area contributed by atoms with Gasteiger partial charge >= 0.3 is 0 Å². The average Bonchev–Trinajstić information content (AvgIpc) is 2.64. The smallest absolute Gasteiger partial charge is 0.132 e. The molecular formula is C21H26O4. The van der Waals surface area contributed by atoms with Crippen molar-refractivity contribution >= 4 is 5.78 Å². The summed E-state index contributed by atoms with van der Waals surface area (Å²) in [4.78, 5) is 11.6. The Bertz CT molecular complexity index is 637. The van der Waals surface area contributed by atoms with Crippen LogP contribution in [0.5, 0.6) is 5.75 Å². The Kier molecular flexibility index (Phi) is 7.64. The molecule has 0 amide bonds. The molecule has 0 aliphatic carbocycles. The van der Waals surface area contributed by atoms with Crippen LogP contribution in [0.3, 0.4) is 0 Å². The molecule has 2 aromatic carbocycles. The Hall–Kier alpha value is -2.17. The van der Waals surface area contributed by atoms with Gasteiger partial charge in [-0.1, -0.05) is 42.5 Å². The number of ketones is 1. The maximum absolute atomic E-state index is 11.6. The standard InChI is InChI=1S/C21H26O4/c1-16(22)13-21(17(2)24-14-18-7-5-4-6-8-18)25-15-19-9-11-20(23-3)12-10-19/h4-12,17,21H,13-15H2,1-3H3/t17-,21-/m0/s1. The second-order valence-corrected chi connectivity index (χ2v) is 6.11. The van der Waals surface area contributed by atoms with Gasteiger partial charge in [0.2, 0.25) is 0 Å². The Morgan fingerprint density at radius 3 is 2.12 bits per heavy atom. The fourth-order valence-corrected chi connectivity index (χ4v) is 2.48. The summed E-state index contributed by atoms with van der Waals surface area (Å²) >= 11 is 0. The van der Waals surface area contributed by atoms with Crippen molar-refractivity contribution in [3.63, 3.8) is 0 Å². The molecule has 4 heteroatoms. The summed E-state index contributed by atoms with van der Waals surface area (Å²) in [5.41, 5.74) is 2.13. The number of rotatable bonds is 10. The number of carbonyl (C=O) groups is 1. The monoisotopic (exact) mass is 342 g/mol. The lowest BCUT2D eigenvalue weighted by Crippen LogP contribution is -2.31. The van der Waals surface area contributed by atoms with E-state index in [9.17, 15) is 4.79 Å². The van der Waals surface area contributed by atoms with E-state index >= 15 is 0 Å². The summed E-state index contributed by atoms with van der Waals surface area (Å²) in [6.45, 7) is 4.46. The van der Waals surface area contributed by atoms with Gasteiger partial charge in [0.15, 0.2) is 0 Å². The molecule has 0 heterocycles. The summed E-state index contributed by atoms with van der Waals surface area (Å²) in [6, 6.07) is 17.7. The van der Waals surface area contributed by atoms with Gasteiger partial charge in [0.25, 0.3) is 0 Å². The number of hydrogen-bond acceptors (Lipinski definition) is 4. The second kappa shape index (κ2) is 9.97.